The summed E-state index contributed by atoms with van der Waals surface area (Å²) < 4.78 is 14.1. The van der Waals surface area contributed by atoms with Gasteiger partial charge in [0.25, 0.3) is 0 Å². The monoisotopic (exact) mass is 520 g/mol. The zero-order valence-electron chi connectivity index (χ0n) is 22.2. The molecule has 1 aliphatic heterocycles. The molecule has 2 heterocycles. The highest BCUT2D eigenvalue weighted by molar-refractivity contribution is 5.93. The third kappa shape index (κ3) is 6.85. The van der Waals surface area contributed by atoms with Crippen LogP contribution in [0, 0.1) is 5.82 Å². The van der Waals surface area contributed by atoms with E-state index in [1.54, 1.807) is 12.1 Å². The lowest BCUT2D eigenvalue weighted by Crippen LogP contribution is -2.49. The first-order valence-corrected chi connectivity index (χ1v) is 13.6. The van der Waals surface area contributed by atoms with Crippen molar-refractivity contribution in [1.29, 1.82) is 0 Å². The van der Waals surface area contributed by atoms with Crippen LogP contribution in [0.4, 0.5) is 4.39 Å². The molecule has 3 atom stereocenters. The van der Waals surface area contributed by atoms with E-state index in [1.807, 2.05) is 42.2 Å². The molecule has 0 saturated carbocycles. The smallest absolute Gasteiger partial charge is 0.225 e. The van der Waals surface area contributed by atoms with Crippen LogP contribution in [0.1, 0.15) is 76.1 Å². The number of nitrogens with zero attached hydrogens (tertiary/aromatic N) is 2. The number of nitrogens with one attached hydrogen (secondary N) is 2. The normalized spacial score (nSPS) is 17.2. The van der Waals surface area contributed by atoms with Crippen LogP contribution in [0.2, 0.25) is 0 Å². The molecule has 3 aromatic rings. The van der Waals surface area contributed by atoms with Gasteiger partial charge in [-0.05, 0) is 49.8 Å². The molecule has 38 heavy (non-hydrogen) atoms. The highest BCUT2D eigenvalue weighted by Crippen LogP contribution is 2.24. The van der Waals surface area contributed by atoms with Gasteiger partial charge in [0.1, 0.15) is 11.3 Å². The Morgan fingerprint density at radius 2 is 1.89 bits per heavy atom. The number of Topliss-reactive ketones (excluding diaryl/α,β-unsaturated/α-hetero) is 1. The maximum atomic E-state index is 14.1. The van der Waals surface area contributed by atoms with Crippen LogP contribution in [-0.2, 0) is 20.8 Å². The Hall–Kier alpha value is -3.55. The molecule has 1 aliphatic rings. The summed E-state index contributed by atoms with van der Waals surface area (Å²) in [6.45, 7) is 4.59. The molecule has 0 aliphatic carbocycles. The lowest BCUT2D eigenvalue weighted by Gasteiger charge is -2.36. The second kappa shape index (κ2) is 12.8. The van der Waals surface area contributed by atoms with Crippen molar-refractivity contribution >= 4 is 28.6 Å². The first kappa shape index (κ1) is 27.5. The topological polar surface area (TPSA) is 95.2 Å². The molecule has 0 spiro atoms. The van der Waals surface area contributed by atoms with Gasteiger partial charge in [0.15, 0.2) is 11.6 Å². The van der Waals surface area contributed by atoms with Gasteiger partial charge in [0.2, 0.25) is 11.8 Å². The minimum atomic E-state index is -0.922. The van der Waals surface area contributed by atoms with E-state index in [2.05, 4.69) is 22.2 Å². The molecule has 8 heteroatoms. The van der Waals surface area contributed by atoms with Crippen molar-refractivity contribution in [3.8, 4) is 0 Å². The molecule has 2 aromatic carbocycles. The SMILES string of the molecule is CC[C@H]1CCCCN1C(=O)C[C@H](NC(=O)CCc1ccccc1)C(=O)C[C@@H](C)c1nc2c(F)cccc2[nH]1. The number of rotatable bonds is 11. The fourth-order valence-electron chi connectivity index (χ4n) is 5.25. The van der Waals surface area contributed by atoms with Crippen LogP contribution in [0.25, 0.3) is 11.0 Å². The number of likely N-dealkylation sites (tertiary alicyclic amines) is 1. The van der Waals surface area contributed by atoms with E-state index in [9.17, 15) is 18.8 Å². The molecule has 0 unspecified atom stereocenters. The lowest BCUT2D eigenvalue weighted by molar-refractivity contribution is -0.138. The first-order chi connectivity index (χ1) is 18.4. The number of piperidine rings is 1. The zero-order chi connectivity index (χ0) is 27.1. The Bertz CT molecular complexity index is 1260. The number of carbonyl (C=O) groups is 3. The minimum Gasteiger partial charge on any atom is -0.346 e. The summed E-state index contributed by atoms with van der Waals surface area (Å²) in [5.41, 5.74) is 1.83. The molecule has 7 nitrogen and oxygen atoms in total. The number of amides is 2. The number of aryl methyl sites for hydroxylation is 1. The number of H-pyrrole nitrogens is 1. The third-order valence-electron chi connectivity index (χ3n) is 7.46. The third-order valence-corrected chi connectivity index (χ3v) is 7.46. The molecule has 1 fully saturated rings. The molecule has 4 rings (SSSR count). The van der Waals surface area contributed by atoms with E-state index in [0.717, 1.165) is 31.2 Å². The van der Waals surface area contributed by atoms with Crippen molar-refractivity contribution in [3.63, 3.8) is 0 Å². The molecule has 1 aromatic heterocycles. The number of benzene rings is 2. The van der Waals surface area contributed by atoms with Crippen LogP contribution in [0.15, 0.2) is 48.5 Å². The molecular formula is C30H37FN4O3. The maximum Gasteiger partial charge on any atom is 0.225 e. The summed E-state index contributed by atoms with van der Waals surface area (Å²) >= 11 is 0. The number of fused-ring (bicyclic) bond motifs is 1. The molecule has 2 amide bonds. The van der Waals surface area contributed by atoms with Gasteiger partial charge in [-0.15, -0.1) is 0 Å². The van der Waals surface area contributed by atoms with Gasteiger partial charge in [-0.3, -0.25) is 14.4 Å². The van der Waals surface area contributed by atoms with E-state index < -0.39 is 11.9 Å². The lowest BCUT2D eigenvalue weighted by atomic mass is 9.95. The molecular weight excluding hydrogens is 483 g/mol. The van der Waals surface area contributed by atoms with Crippen LogP contribution >= 0.6 is 0 Å². The van der Waals surface area contributed by atoms with Crippen molar-refractivity contribution in [2.75, 3.05) is 6.54 Å². The van der Waals surface area contributed by atoms with Crippen molar-refractivity contribution < 1.29 is 18.8 Å². The van der Waals surface area contributed by atoms with E-state index in [0.29, 0.717) is 24.3 Å². The average molecular weight is 521 g/mol. The largest absolute Gasteiger partial charge is 0.346 e. The fraction of sp³-hybridized carbons (Fsp3) is 0.467. The Labute approximate surface area is 223 Å². The molecule has 1 saturated heterocycles. The second-order valence-electron chi connectivity index (χ2n) is 10.3. The fourth-order valence-corrected chi connectivity index (χ4v) is 5.25. The Balaban J connectivity index is 1.46. The van der Waals surface area contributed by atoms with E-state index >= 15 is 0 Å². The minimum absolute atomic E-state index is 0.0616. The zero-order valence-corrected chi connectivity index (χ0v) is 22.2. The maximum absolute atomic E-state index is 14.1. The number of para-hydroxylation sites is 1. The first-order valence-electron chi connectivity index (χ1n) is 13.6. The second-order valence-corrected chi connectivity index (χ2v) is 10.3. The quantitative estimate of drug-likeness (QED) is 0.369. The summed E-state index contributed by atoms with van der Waals surface area (Å²) in [6.07, 6.45) is 4.65. The van der Waals surface area contributed by atoms with Crippen molar-refractivity contribution in [2.45, 2.75) is 83.2 Å². The van der Waals surface area contributed by atoms with Gasteiger partial charge in [0.05, 0.1) is 18.0 Å². The molecule has 0 bridgehead atoms. The number of hydrogen-bond acceptors (Lipinski definition) is 4. The average Bonchev–Trinajstić information content (AvgIpc) is 3.38. The predicted octanol–water partition coefficient (Wildman–Crippen LogP) is 5.06. The van der Waals surface area contributed by atoms with E-state index in [-0.39, 0.29) is 54.3 Å². The summed E-state index contributed by atoms with van der Waals surface area (Å²) in [7, 11) is 0. The number of imidazole rings is 1. The van der Waals surface area contributed by atoms with Crippen LogP contribution in [0.5, 0.6) is 0 Å². The highest BCUT2D eigenvalue weighted by atomic mass is 19.1. The summed E-state index contributed by atoms with van der Waals surface area (Å²) in [4.78, 5) is 49.0. The van der Waals surface area contributed by atoms with Gasteiger partial charge >= 0.3 is 0 Å². The van der Waals surface area contributed by atoms with Gasteiger partial charge in [0, 0.05) is 31.3 Å². The Kier molecular flexibility index (Phi) is 9.26. The van der Waals surface area contributed by atoms with Gasteiger partial charge < -0.3 is 15.2 Å². The van der Waals surface area contributed by atoms with Gasteiger partial charge in [-0.25, -0.2) is 9.37 Å². The number of aromatic amines is 1. The number of hydrogen-bond donors (Lipinski definition) is 2. The standard InChI is InChI=1S/C30H37FN4O3/c1-3-22-12-7-8-17-35(22)28(38)19-25(32-27(37)16-15-21-10-5-4-6-11-21)26(36)18-20(2)30-33-24-14-9-13-23(31)29(24)34-30/h4-6,9-11,13-14,20,22,25H,3,7-8,12,15-19H2,1-2H3,(H,32,37)(H,33,34)/t20-,22+,25+/m1/s1. The summed E-state index contributed by atoms with van der Waals surface area (Å²) in [5.74, 6) is -0.858. The van der Waals surface area contributed by atoms with Crippen molar-refractivity contribution in [3.05, 3.63) is 65.7 Å². The van der Waals surface area contributed by atoms with Gasteiger partial charge in [-0.2, -0.15) is 0 Å². The summed E-state index contributed by atoms with van der Waals surface area (Å²) in [5, 5.41) is 2.86. The van der Waals surface area contributed by atoms with Crippen molar-refractivity contribution in [2.24, 2.45) is 0 Å². The van der Waals surface area contributed by atoms with Crippen molar-refractivity contribution in [1.82, 2.24) is 20.2 Å². The van der Waals surface area contributed by atoms with Crippen LogP contribution in [0.3, 0.4) is 0 Å². The number of ketones is 1. The van der Waals surface area contributed by atoms with E-state index in [1.165, 1.54) is 6.07 Å². The number of carbonyl (C=O) groups excluding carboxylic acids is 3. The summed E-state index contributed by atoms with van der Waals surface area (Å²) in [6, 6.07) is 13.6. The Morgan fingerprint density at radius 3 is 2.63 bits per heavy atom. The number of aromatic nitrogens is 2. The van der Waals surface area contributed by atoms with Crippen LogP contribution < -0.4 is 5.32 Å². The van der Waals surface area contributed by atoms with Crippen LogP contribution in [-0.4, -0.2) is 51.1 Å². The predicted molar refractivity (Wildman–Crippen MR) is 145 cm³/mol. The van der Waals surface area contributed by atoms with E-state index in [4.69, 9.17) is 0 Å². The number of halogens is 1. The molecule has 202 valence electrons. The Morgan fingerprint density at radius 1 is 1.11 bits per heavy atom. The molecule has 2 N–H and O–H groups in total. The van der Waals surface area contributed by atoms with Gasteiger partial charge in [-0.1, -0.05) is 50.2 Å². The molecule has 0 radical (unpaired) electrons. The highest BCUT2D eigenvalue weighted by Gasteiger charge is 2.31.